The lowest BCUT2D eigenvalue weighted by Gasteiger charge is -2.26. The SMILES string of the molecule is COCCN(CCC(N)=S)C(C)C(=O)OC. The molecule has 0 bridgehead atoms. The van der Waals surface area contributed by atoms with Crippen LogP contribution in [0.1, 0.15) is 13.3 Å². The lowest BCUT2D eigenvalue weighted by molar-refractivity contribution is -0.146. The van der Waals surface area contributed by atoms with Crippen LogP contribution in [-0.2, 0) is 14.3 Å². The van der Waals surface area contributed by atoms with Gasteiger partial charge in [0.25, 0.3) is 0 Å². The Hall–Kier alpha value is -0.720. The second-order valence-electron chi connectivity index (χ2n) is 3.44. The van der Waals surface area contributed by atoms with Gasteiger partial charge in [-0.25, -0.2) is 0 Å². The molecule has 2 N–H and O–H groups in total. The zero-order valence-electron chi connectivity index (χ0n) is 10.1. The van der Waals surface area contributed by atoms with E-state index in [0.717, 1.165) is 0 Å². The van der Waals surface area contributed by atoms with Gasteiger partial charge in [0.05, 0.1) is 18.7 Å². The van der Waals surface area contributed by atoms with Gasteiger partial charge in [0, 0.05) is 26.6 Å². The Bertz CT molecular complexity index is 236. The van der Waals surface area contributed by atoms with Crippen LogP contribution >= 0.6 is 12.2 Å². The van der Waals surface area contributed by atoms with Gasteiger partial charge in [-0.2, -0.15) is 0 Å². The summed E-state index contributed by atoms with van der Waals surface area (Å²) < 4.78 is 9.68. The van der Waals surface area contributed by atoms with E-state index in [0.29, 0.717) is 31.1 Å². The molecule has 0 rings (SSSR count). The number of thiocarbonyl (C=S) groups is 1. The third-order valence-corrected chi connectivity index (χ3v) is 2.52. The summed E-state index contributed by atoms with van der Waals surface area (Å²) >= 11 is 4.81. The van der Waals surface area contributed by atoms with Crippen LogP contribution in [0.4, 0.5) is 0 Å². The summed E-state index contributed by atoms with van der Waals surface area (Å²) in [6, 6.07) is -0.311. The van der Waals surface area contributed by atoms with Crippen molar-refractivity contribution in [2.45, 2.75) is 19.4 Å². The third kappa shape index (κ3) is 5.99. The summed E-state index contributed by atoms with van der Waals surface area (Å²) in [6.45, 7) is 3.63. The summed E-state index contributed by atoms with van der Waals surface area (Å²) in [4.78, 5) is 13.8. The Morgan fingerprint density at radius 1 is 1.44 bits per heavy atom. The van der Waals surface area contributed by atoms with E-state index in [1.807, 2.05) is 4.90 Å². The maximum absolute atomic E-state index is 11.4. The molecule has 0 radical (unpaired) electrons. The largest absolute Gasteiger partial charge is 0.468 e. The van der Waals surface area contributed by atoms with Crippen molar-refractivity contribution >= 4 is 23.2 Å². The highest BCUT2D eigenvalue weighted by molar-refractivity contribution is 7.80. The molecule has 0 saturated heterocycles. The summed E-state index contributed by atoms with van der Waals surface area (Å²) in [5.41, 5.74) is 5.44. The predicted octanol–water partition coefficient (Wildman–Crippen LogP) is 0.173. The molecule has 0 aliphatic heterocycles. The lowest BCUT2D eigenvalue weighted by atomic mass is 10.2. The number of nitrogens with two attached hydrogens (primary N) is 1. The first-order chi connectivity index (χ1) is 7.52. The molecule has 0 aromatic heterocycles. The maximum Gasteiger partial charge on any atom is 0.322 e. The van der Waals surface area contributed by atoms with Crippen molar-refractivity contribution in [2.75, 3.05) is 33.9 Å². The molecule has 94 valence electrons. The van der Waals surface area contributed by atoms with E-state index in [1.54, 1.807) is 14.0 Å². The molecule has 0 amide bonds. The van der Waals surface area contributed by atoms with Crippen molar-refractivity contribution in [3.05, 3.63) is 0 Å². The van der Waals surface area contributed by atoms with E-state index < -0.39 is 0 Å². The van der Waals surface area contributed by atoms with Gasteiger partial charge in [0.15, 0.2) is 0 Å². The lowest BCUT2D eigenvalue weighted by Crippen LogP contribution is -2.42. The Morgan fingerprint density at radius 2 is 2.06 bits per heavy atom. The maximum atomic E-state index is 11.4. The second-order valence-corrected chi connectivity index (χ2v) is 3.97. The normalized spacial score (nSPS) is 12.5. The molecule has 0 fully saturated rings. The van der Waals surface area contributed by atoms with E-state index in [2.05, 4.69) is 0 Å². The molecule has 1 atom stereocenters. The van der Waals surface area contributed by atoms with Crippen molar-refractivity contribution in [3.63, 3.8) is 0 Å². The van der Waals surface area contributed by atoms with Crippen LogP contribution in [0, 0.1) is 0 Å². The fraction of sp³-hybridized carbons (Fsp3) is 0.800. The first-order valence-electron chi connectivity index (χ1n) is 5.12. The number of methoxy groups -OCH3 is 2. The third-order valence-electron chi connectivity index (χ3n) is 2.32. The second kappa shape index (κ2) is 8.43. The van der Waals surface area contributed by atoms with Crippen molar-refractivity contribution in [3.8, 4) is 0 Å². The highest BCUT2D eigenvalue weighted by Gasteiger charge is 2.21. The van der Waals surface area contributed by atoms with Crippen LogP contribution < -0.4 is 5.73 Å². The Labute approximate surface area is 102 Å². The molecule has 0 aromatic rings. The van der Waals surface area contributed by atoms with Gasteiger partial charge in [0.1, 0.15) is 6.04 Å². The predicted molar refractivity (Wildman–Crippen MR) is 66.3 cm³/mol. The van der Waals surface area contributed by atoms with E-state index in [1.165, 1.54) is 7.11 Å². The van der Waals surface area contributed by atoms with E-state index in [9.17, 15) is 4.79 Å². The van der Waals surface area contributed by atoms with E-state index in [4.69, 9.17) is 27.4 Å². The molecule has 16 heavy (non-hydrogen) atoms. The van der Waals surface area contributed by atoms with Gasteiger partial charge in [-0.15, -0.1) is 0 Å². The average Bonchev–Trinajstić information content (AvgIpc) is 2.27. The minimum absolute atomic E-state index is 0.265. The van der Waals surface area contributed by atoms with Crippen molar-refractivity contribution in [1.82, 2.24) is 4.90 Å². The quantitative estimate of drug-likeness (QED) is 0.488. The van der Waals surface area contributed by atoms with E-state index >= 15 is 0 Å². The highest BCUT2D eigenvalue weighted by atomic mass is 32.1. The zero-order valence-corrected chi connectivity index (χ0v) is 10.9. The van der Waals surface area contributed by atoms with Gasteiger partial charge in [-0.1, -0.05) is 12.2 Å². The molecule has 0 aliphatic rings. The van der Waals surface area contributed by atoms with Crippen LogP contribution in [-0.4, -0.2) is 55.8 Å². The van der Waals surface area contributed by atoms with Gasteiger partial charge in [-0.3, -0.25) is 9.69 Å². The number of hydrogen-bond acceptors (Lipinski definition) is 5. The van der Waals surface area contributed by atoms with Crippen LogP contribution in [0.15, 0.2) is 0 Å². The van der Waals surface area contributed by atoms with Crippen LogP contribution in [0.25, 0.3) is 0 Å². The zero-order chi connectivity index (χ0) is 12.6. The molecular formula is C10H20N2O3S. The van der Waals surface area contributed by atoms with Gasteiger partial charge < -0.3 is 15.2 Å². The number of ether oxygens (including phenoxy) is 2. The monoisotopic (exact) mass is 248 g/mol. The number of carbonyl (C=O) groups is 1. The standard InChI is InChI=1S/C10H20N2O3S/c1-8(10(13)15-3)12(6-7-14-2)5-4-9(11)16/h8H,4-7H2,1-3H3,(H2,11,16). The van der Waals surface area contributed by atoms with Crippen molar-refractivity contribution < 1.29 is 14.3 Å². The number of rotatable bonds is 8. The fourth-order valence-corrected chi connectivity index (χ4v) is 1.37. The first kappa shape index (κ1) is 15.3. The average molecular weight is 248 g/mol. The molecular weight excluding hydrogens is 228 g/mol. The minimum atomic E-state index is -0.311. The minimum Gasteiger partial charge on any atom is -0.468 e. The van der Waals surface area contributed by atoms with Crippen LogP contribution in [0.2, 0.25) is 0 Å². The summed E-state index contributed by atoms with van der Waals surface area (Å²) in [7, 11) is 3.00. The van der Waals surface area contributed by atoms with Gasteiger partial charge in [-0.05, 0) is 6.92 Å². The number of hydrogen-bond donors (Lipinski definition) is 1. The van der Waals surface area contributed by atoms with Crippen molar-refractivity contribution in [1.29, 1.82) is 0 Å². The number of carbonyl (C=O) groups excluding carboxylic acids is 1. The van der Waals surface area contributed by atoms with E-state index in [-0.39, 0.29) is 12.0 Å². The number of esters is 1. The molecule has 1 unspecified atom stereocenters. The Kier molecular flexibility index (Phi) is 8.05. The molecule has 0 saturated carbocycles. The van der Waals surface area contributed by atoms with Crippen LogP contribution in [0.3, 0.4) is 0 Å². The van der Waals surface area contributed by atoms with Gasteiger partial charge >= 0.3 is 5.97 Å². The summed E-state index contributed by atoms with van der Waals surface area (Å²) in [5.74, 6) is -0.265. The molecule has 0 aromatic carbocycles. The Balaban J connectivity index is 4.27. The van der Waals surface area contributed by atoms with Crippen molar-refractivity contribution in [2.24, 2.45) is 5.73 Å². The van der Waals surface area contributed by atoms with Crippen LogP contribution in [0.5, 0.6) is 0 Å². The smallest absolute Gasteiger partial charge is 0.322 e. The fourth-order valence-electron chi connectivity index (χ4n) is 1.28. The highest BCUT2D eigenvalue weighted by Crippen LogP contribution is 2.02. The molecule has 0 heterocycles. The summed E-state index contributed by atoms with van der Waals surface area (Å²) in [6.07, 6.45) is 0.584. The van der Waals surface area contributed by atoms with Gasteiger partial charge in [0.2, 0.25) is 0 Å². The number of nitrogens with zero attached hydrogens (tertiary/aromatic N) is 1. The molecule has 0 aliphatic carbocycles. The molecule has 5 nitrogen and oxygen atoms in total. The first-order valence-corrected chi connectivity index (χ1v) is 5.52. The topological polar surface area (TPSA) is 64.8 Å². The molecule has 0 spiro atoms. The molecule has 6 heteroatoms. The summed E-state index contributed by atoms with van der Waals surface area (Å²) in [5, 5.41) is 0. The Morgan fingerprint density at radius 3 is 2.50 bits per heavy atom.